The molecule has 0 amide bonds. The van der Waals surface area contributed by atoms with Gasteiger partial charge in [0.15, 0.2) is 5.11 Å². The van der Waals surface area contributed by atoms with Crippen LogP contribution in [-0.2, 0) is 4.79 Å². The zero-order chi connectivity index (χ0) is 12.0. The van der Waals surface area contributed by atoms with Crippen LogP contribution in [0.5, 0.6) is 5.75 Å². The molecule has 0 saturated heterocycles. The average Bonchev–Trinajstić information content (AvgIpc) is 2.16. The minimum Gasteiger partial charge on any atom is -0.427 e. The number of rotatable bonds is 3. The van der Waals surface area contributed by atoms with Crippen LogP contribution in [0.25, 0.3) is 0 Å². The Morgan fingerprint density at radius 2 is 2.38 bits per heavy atom. The van der Waals surface area contributed by atoms with Crippen molar-refractivity contribution < 1.29 is 9.53 Å². The standard InChI is InChI=1S/C10H11N3O2S/c1-7(14)15-9-4-2-3-8(5-9)6-12-13-10(11)16/h2-6H,1H3,(H3,11,13,16). The first-order chi connectivity index (χ1) is 7.58. The maximum absolute atomic E-state index is 10.7. The summed E-state index contributed by atoms with van der Waals surface area (Å²) in [6, 6.07) is 6.91. The van der Waals surface area contributed by atoms with Gasteiger partial charge in [-0.2, -0.15) is 5.10 Å². The SMILES string of the molecule is CC(=O)Oc1cccc(C=NNC(N)=S)c1. The Morgan fingerprint density at radius 1 is 1.62 bits per heavy atom. The van der Waals surface area contributed by atoms with Crippen LogP contribution in [0, 0.1) is 0 Å². The summed E-state index contributed by atoms with van der Waals surface area (Å²) in [6.45, 7) is 1.34. The molecule has 0 aliphatic carbocycles. The summed E-state index contributed by atoms with van der Waals surface area (Å²) in [4.78, 5) is 10.7. The van der Waals surface area contributed by atoms with Gasteiger partial charge in [-0.05, 0) is 29.9 Å². The summed E-state index contributed by atoms with van der Waals surface area (Å²) < 4.78 is 4.91. The molecular formula is C10H11N3O2S. The Morgan fingerprint density at radius 3 is 3.00 bits per heavy atom. The van der Waals surface area contributed by atoms with E-state index in [9.17, 15) is 4.79 Å². The molecule has 0 atom stereocenters. The smallest absolute Gasteiger partial charge is 0.308 e. The summed E-state index contributed by atoms with van der Waals surface area (Å²) in [5.74, 6) is 0.0992. The fraction of sp³-hybridized carbons (Fsp3) is 0.100. The van der Waals surface area contributed by atoms with Crippen molar-refractivity contribution >= 4 is 29.5 Å². The topological polar surface area (TPSA) is 76.7 Å². The van der Waals surface area contributed by atoms with Crippen LogP contribution in [-0.4, -0.2) is 17.3 Å². The highest BCUT2D eigenvalue weighted by Gasteiger charge is 1.97. The van der Waals surface area contributed by atoms with E-state index in [0.29, 0.717) is 5.75 Å². The Labute approximate surface area is 98.3 Å². The van der Waals surface area contributed by atoms with Crippen LogP contribution in [0.4, 0.5) is 0 Å². The van der Waals surface area contributed by atoms with E-state index in [2.05, 4.69) is 22.7 Å². The normalized spacial score (nSPS) is 10.1. The summed E-state index contributed by atoms with van der Waals surface area (Å²) in [5, 5.41) is 3.87. The molecule has 0 bridgehead atoms. The number of hydrogen-bond acceptors (Lipinski definition) is 4. The van der Waals surface area contributed by atoms with Gasteiger partial charge in [0, 0.05) is 6.92 Å². The van der Waals surface area contributed by atoms with Gasteiger partial charge in [-0.1, -0.05) is 12.1 Å². The summed E-state index contributed by atoms with van der Waals surface area (Å²) in [7, 11) is 0. The number of nitrogens with two attached hydrogens (primary N) is 1. The molecule has 0 aromatic heterocycles. The molecule has 0 aliphatic rings. The molecule has 1 aromatic carbocycles. The first-order valence-electron chi connectivity index (χ1n) is 4.45. The lowest BCUT2D eigenvalue weighted by atomic mass is 10.2. The van der Waals surface area contributed by atoms with Crippen LogP contribution in [0.3, 0.4) is 0 Å². The molecule has 0 heterocycles. The molecule has 0 radical (unpaired) electrons. The fourth-order valence-electron chi connectivity index (χ4n) is 0.995. The maximum Gasteiger partial charge on any atom is 0.308 e. The van der Waals surface area contributed by atoms with E-state index < -0.39 is 0 Å². The van der Waals surface area contributed by atoms with Crippen LogP contribution in [0.2, 0.25) is 0 Å². The Bertz CT molecular complexity index is 432. The van der Waals surface area contributed by atoms with Gasteiger partial charge in [0.1, 0.15) is 5.75 Å². The van der Waals surface area contributed by atoms with Crippen molar-refractivity contribution in [2.24, 2.45) is 10.8 Å². The van der Waals surface area contributed by atoms with Gasteiger partial charge in [-0.25, -0.2) is 0 Å². The molecule has 1 aromatic rings. The molecule has 5 nitrogen and oxygen atoms in total. The number of ether oxygens (including phenoxy) is 1. The number of nitrogens with zero attached hydrogens (tertiary/aromatic N) is 1. The number of esters is 1. The van der Waals surface area contributed by atoms with Gasteiger partial charge in [0.25, 0.3) is 0 Å². The second kappa shape index (κ2) is 5.82. The Kier molecular flexibility index (Phi) is 4.41. The Hall–Kier alpha value is -1.95. The molecular weight excluding hydrogens is 226 g/mol. The number of carbonyl (C=O) groups is 1. The lowest BCUT2D eigenvalue weighted by molar-refractivity contribution is -0.131. The number of nitrogens with one attached hydrogen (secondary N) is 1. The third-order valence-electron chi connectivity index (χ3n) is 1.51. The number of benzene rings is 1. The largest absolute Gasteiger partial charge is 0.427 e. The molecule has 6 heteroatoms. The molecule has 0 saturated carbocycles. The molecule has 1 rings (SSSR count). The van der Waals surface area contributed by atoms with Crippen molar-refractivity contribution in [1.82, 2.24) is 5.43 Å². The first kappa shape index (κ1) is 12.1. The summed E-state index contributed by atoms with van der Waals surface area (Å²) in [6.07, 6.45) is 1.52. The molecule has 0 unspecified atom stereocenters. The van der Waals surface area contributed by atoms with E-state index in [-0.39, 0.29) is 11.1 Å². The molecule has 0 aliphatic heterocycles. The molecule has 0 fully saturated rings. The van der Waals surface area contributed by atoms with Gasteiger partial charge in [0.05, 0.1) is 6.21 Å². The van der Waals surface area contributed by atoms with Crippen molar-refractivity contribution in [3.05, 3.63) is 29.8 Å². The van der Waals surface area contributed by atoms with E-state index >= 15 is 0 Å². The average molecular weight is 237 g/mol. The van der Waals surface area contributed by atoms with E-state index in [1.54, 1.807) is 24.3 Å². The third kappa shape index (κ3) is 4.52. The zero-order valence-corrected chi connectivity index (χ0v) is 9.45. The highest BCUT2D eigenvalue weighted by Crippen LogP contribution is 2.11. The highest BCUT2D eigenvalue weighted by molar-refractivity contribution is 7.80. The summed E-state index contributed by atoms with van der Waals surface area (Å²) >= 11 is 4.58. The lowest BCUT2D eigenvalue weighted by Gasteiger charge is -2.01. The molecule has 0 spiro atoms. The van der Waals surface area contributed by atoms with E-state index in [1.165, 1.54) is 13.1 Å². The van der Waals surface area contributed by atoms with Crippen molar-refractivity contribution in [2.75, 3.05) is 0 Å². The number of thiocarbonyl (C=S) groups is 1. The van der Waals surface area contributed by atoms with Gasteiger partial charge >= 0.3 is 5.97 Å². The predicted molar refractivity (Wildman–Crippen MR) is 65.3 cm³/mol. The monoisotopic (exact) mass is 237 g/mol. The lowest BCUT2D eigenvalue weighted by Crippen LogP contribution is -2.23. The number of hydrazone groups is 1. The van der Waals surface area contributed by atoms with Gasteiger partial charge in [-0.3, -0.25) is 10.2 Å². The van der Waals surface area contributed by atoms with Gasteiger partial charge in [-0.15, -0.1) is 0 Å². The number of carbonyl (C=O) groups excluding carboxylic acids is 1. The fourth-order valence-corrected chi connectivity index (χ4v) is 1.05. The first-order valence-corrected chi connectivity index (χ1v) is 4.86. The van der Waals surface area contributed by atoms with Crippen molar-refractivity contribution in [3.63, 3.8) is 0 Å². The third-order valence-corrected chi connectivity index (χ3v) is 1.60. The van der Waals surface area contributed by atoms with Crippen LogP contribution >= 0.6 is 12.2 Å². The molecule has 3 N–H and O–H groups in total. The quantitative estimate of drug-likeness (QED) is 0.267. The van der Waals surface area contributed by atoms with Gasteiger partial charge < -0.3 is 10.5 Å². The predicted octanol–water partition coefficient (Wildman–Crippen LogP) is 0.779. The second-order valence-electron chi connectivity index (χ2n) is 2.90. The van der Waals surface area contributed by atoms with Crippen molar-refractivity contribution in [2.45, 2.75) is 6.92 Å². The van der Waals surface area contributed by atoms with Crippen molar-refractivity contribution in [1.29, 1.82) is 0 Å². The minimum absolute atomic E-state index is 0.0902. The Balaban J connectivity index is 2.70. The number of hydrogen-bond donors (Lipinski definition) is 2. The molecule has 84 valence electrons. The molecule has 16 heavy (non-hydrogen) atoms. The van der Waals surface area contributed by atoms with Gasteiger partial charge in [0.2, 0.25) is 0 Å². The van der Waals surface area contributed by atoms with E-state index in [1.807, 2.05) is 0 Å². The second-order valence-corrected chi connectivity index (χ2v) is 3.34. The highest BCUT2D eigenvalue weighted by atomic mass is 32.1. The maximum atomic E-state index is 10.7. The van der Waals surface area contributed by atoms with Crippen LogP contribution in [0.15, 0.2) is 29.4 Å². The van der Waals surface area contributed by atoms with E-state index in [4.69, 9.17) is 10.5 Å². The van der Waals surface area contributed by atoms with Crippen LogP contribution < -0.4 is 15.9 Å². The van der Waals surface area contributed by atoms with Crippen molar-refractivity contribution in [3.8, 4) is 5.75 Å². The zero-order valence-electron chi connectivity index (χ0n) is 8.64. The minimum atomic E-state index is -0.365. The summed E-state index contributed by atoms with van der Waals surface area (Å²) in [5.41, 5.74) is 8.38. The van der Waals surface area contributed by atoms with E-state index in [0.717, 1.165) is 5.56 Å². The van der Waals surface area contributed by atoms with Crippen LogP contribution in [0.1, 0.15) is 12.5 Å².